The van der Waals surface area contributed by atoms with Crippen molar-refractivity contribution in [2.45, 2.75) is 25.6 Å². The molecule has 0 saturated carbocycles. The zero-order chi connectivity index (χ0) is 14.5. The molecule has 1 aromatic carbocycles. The average Bonchev–Trinajstić information content (AvgIpc) is 2.35. The van der Waals surface area contributed by atoms with Crippen LogP contribution in [0.1, 0.15) is 24.9 Å². The van der Waals surface area contributed by atoms with Crippen LogP contribution in [0.2, 0.25) is 0 Å². The van der Waals surface area contributed by atoms with Gasteiger partial charge in [0.15, 0.2) is 0 Å². The third-order valence-electron chi connectivity index (χ3n) is 2.77. The van der Waals surface area contributed by atoms with Crippen LogP contribution >= 0.6 is 0 Å². The fraction of sp³-hybridized carbons (Fsp3) is 0.462. The predicted octanol–water partition coefficient (Wildman–Crippen LogP) is 2.42. The number of hydrogen-bond donors (Lipinski definition) is 2. The molecule has 0 unspecified atom stereocenters. The molecule has 0 heterocycles. The predicted molar refractivity (Wildman–Crippen MR) is 64.2 cm³/mol. The first-order chi connectivity index (χ1) is 8.84. The quantitative estimate of drug-likeness (QED) is 0.867. The maximum Gasteiger partial charge on any atom is 0.392 e. The Balaban J connectivity index is 2.60. The lowest BCUT2D eigenvalue weighted by molar-refractivity contribution is -0.174. The largest absolute Gasteiger partial charge is 0.394 e. The summed E-state index contributed by atoms with van der Waals surface area (Å²) in [6, 6.07) is 7.91. The summed E-state index contributed by atoms with van der Waals surface area (Å²) in [4.78, 5) is 11.5. The van der Waals surface area contributed by atoms with Gasteiger partial charge in [0.05, 0.1) is 18.6 Å². The first kappa shape index (κ1) is 15.5. The molecule has 0 saturated heterocycles. The van der Waals surface area contributed by atoms with Crippen LogP contribution in [0.5, 0.6) is 0 Å². The van der Waals surface area contributed by atoms with E-state index in [2.05, 4.69) is 5.32 Å². The van der Waals surface area contributed by atoms with E-state index in [0.717, 1.165) is 6.92 Å². The minimum absolute atomic E-state index is 0.365. The first-order valence-corrected chi connectivity index (χ1v) is 5.86. The van der Waals surface area contributed by atoms with Crippen molar-refractivity contribution in [2.75, 3.05) is 6.61 Å². The second-order valence-corrected chi connectivity index (χ2v) is 4.36. The van der Waals surface area contributed by atoms with Crippen molar-refractivity contribution in [2.24, 2.45) is 5.92 Å². The summed E-state index contributed by atoms with van der Waals surface area (Å²) in [6.45, 7) is 0.589. The molecule has 106 valence electrons. The highest BCUT2D eigenvalue weighted by Crippen LogP contribution is 2.28. The Bertz CT molecular complexity index is 406. The van der Waals surface area contributed by atoms with Crippen LogP contribution in [0.4, 0.5) is 13.2 Å². The van der Waals surface area contributed by atoms with Crippen LogP contribution in [-0.2, 0) is 4.79 Å². The molecular formula is C13H16F3NO2. The minimum Gasteiger partial charge on any atom is -0.394 e. The Kier molecular flexibility index (Phi) is 5.35. The smallest absolute Gasteiger partial charge is 0.392 e. The van der Waals surface area contributed by atoms with Crippen LogP contribution < -0.4 is 5.32 Å². The molecular weight excluding hydrogens is 259 g/mol. The van der Waals surface area contributed by atoms with E-state index in [1.54, 1.807) is 30.3 Å². The van der Waals surface area contributed by atoms with Gasteiger partial charge in [0, 0.05) is 6.42 Å². The zero-order valence-corrected chi connectivity index (χ0v) is 10.4. The Hall–Kier alpha value is -1.56. The summed E-state index contributed by atoms with van der Waals surface area (Å²) in [7, 11) is 0. The van der Waals surface area contributed by atoms with E-state index in [4.69, 9.17) is 0 Å². The van der Waals surface area contributed by atoms with Crippen molar-refractivity contribution in [1.29, 1.82) is 0 Å². The van der Waals surface area contributed by atoms with E-state index < -0.39 is 30.5 Å². The zero-order valence-electron chi connectivity index (χ0n) is 10.4. The van der Waals surface area contributed by atoms with Crippen LogP contribution in [0.3, 0.4) is 0 Å². The van der Waals surface area contributed by atoms with E-state index >= 15 is 0 Å². The Morgan fingerprint density at radius 2 is 1.89 bits per heavy atom. The second kappa shape index (κ2) is 6.56. The van der Waals surface area contributed by atoms with E-state index in [0.29, 0.717) is 5.56 Å². The maximum atomic E-state index is 12.3. The lowest BCUT2D eigenvalue weighted by Crippen LogP contribution is -2.34. The number of carbonyl (C=O) groups is 1. The van der Waals surface area contributed by atoms with Gasteiger partial charge in [0.25, 0.3) is 0 Å². The van der Waals surface area contributed by atoms with Gasteiger partial charge in [0.1, 0.15) is 0 Å². The molecule has 0 aliphatic carbocycles. The van der Waals surface area contributed by atoms with Crippen molar-refractivity contribution in [3.63, 3.8) is 0 Å². The van der Waals surface area contributed by atoms with E-state index in [1.807, 2.05) is 0 Å². The summed E-state index contributed by atoms with van der Waals surface area (Å²) < 4.78 is 37.0. The number of carbonyl (C=O) groups excluding carboxylic acids is 1. The molecule has 0 radical (unpaired) electrons. The topological polar surface area (TPSA) is 49.3 Å². The maximum absolute atomic E-state index is 12.3. The third kappa shape index (κ3) is 4.90. The van der Waals surface area contributed by atoms with Gasteiger partial charge >= 0.3 is 6.18 Å². The fourth-order valence-corrected chi connectivity index (χ4v) is 1.57. The number of aliphatic hydroxyl groups excluding tert-OH is 1. The molecule has 0 bridgehead atoms. The molecule has 1 amide bonds. The number of alkyl halides is 3. The average molecular weight is 275 g/mol. The summed E-state index contributed by atoms with van der Waals surface area (Å²) in [5.74, 6) is -2.43. The number of hydrogen-bond acceptors (Lipinski definition) is 2. The molecule has 3 nitrogen and oxygen atoms in total. The van der Waals surface area contributed by atoms with E-state index in [9.17, 15) is 23.1 Å². The SMILES string of the molecule is C[C@@H](CC(=O)N[C@@H](CO)c1ccccc1)C(F)(F)F. The van der Waals surface area contributed by atoms with E-state index in [-0.39, 0.29) is 6.61 Å². The normalized spacial score (nSPS) is 14.8. The second-order valence-electron chi connectivity index (χ2n) is 4.36. The summed E-state index contributed by atoms with van der Waals surface area (Å²) >= 11 is 0. The third-order valence-corrected chi connectivity index (χ3v) is 2.77. The fourth-order valence-electron chi connectivity index (χ4n) is 1.57. The molecule has 1 aromatic rings. The van der Waals surface area contributed by atoms with Crippen LogP contribution in [0.25, 0.3) is 0 Å². The summed E-state index contributed by atoms with van der Waals surface area (Å²) in [6.07, 6.45) is -5.04. The molecule has 1 rings (SSSR count). The molecule has 0 aliphatic rings. The molecule has 19 heavy (non-hydrogen) atoms. The minimum atomic E-state index is -4.39. The molecule has 2 N–H and O–H groups in total. The standard InChI is InChI=1S/C13H16F3NO2/c1-9(13(14,15)16)7-12(19)17-11(8-18)10-5-3-2-4-6-10/h2-6,9,11,18H,7-8H2,1H3,(H,17,19)/t9-,11-/m0/s1. The summed E-state index contributed by atoms with van der Waals surface area (Å²) in [5, 5.41) is 11.6. The first-order valence-electron chi connectivity index (χ1n) is 5.86. The van der Waals surface area contributed by atoms with Crippen molar-refractivity contribution < 1.29 is 23.1 Å². The molecule has 0 fully saturated rings. The number of nitrogens with one attached hydrogen (secondary N) is 1. The van der Waals surface area contributed by atoms with E-state index in [1.165, 1.54) is 0 Å². The highest BCUT2D eigenvalue weighted by Gasteiger charge is 2.37. The monoisotopic (exact) mass is 275 g/mol. The van der Waals surface area contributed by atoms with Gasteiger partial charge in [-0.05, 0) is 5.56 Å². The molecule has 0 spiro atoms. The molecule has 6 heteroatoms. The van der Waals surface area contributed by atoms with Gasteiger partial charge in [-0.25, -0.2) is 0 Å². The van der Waals surface area contributed by atoms with Crippen LogP contribution in [0.15, 0.2) is 30.3 Å². The number of halogens is 3. The van der Waals surface area contributed by atoms with Crippen molar-refractivity contribution in [3.8, 4) is 0 Å². The van der Waals surface area contributed by atoms with Crippen LogP contribution in [-0.4, -0.2) is 23.8 Å². The van der Waals surface area contributed by atoms with Crippen molar-refractivity contribution in [1.82, 2.24) is 5.32 Å². The summed E-state index contributed by atoms with van der Waals surface area (Å²) in [5.41, 5.74) is 0.651. The van der Waals surface area contributed by atoms with Crippen molar-refractivity contribution >= 4 is 5.91 Å². The lowest BCUT2D eigenvalue weighted by atomic mass is 10.0. The Labute approximate surface area is 109 Å². The van der Waals surface area contributed by atoms with Gasteiger partial charge in [-0.15, -0.1) is 0 Å². The molecule has 0 aromatic heterocycles. The van der Waals surface area contributed by atoms with Crippen LogP contribution in [0, 0.1) is 5.92 Å². The highest BCUT2D eigenvalue weighted by atomic mass is 19.4. The van der Waals surface area contributed by atoms with Crippen molar-refractivity contribution in [3.05, 3.63) is 35.9 Å². The Morgan fingerprint density at radius 1 is 1.32 bits per heavy atom. The Morgan fingerprint density at radius 3 is 2.37 bits per heavy atom. The van der Waals surface area contributed by atoms with Gasteiger partial charge < -0.3 is 10.4 Å². The van der Waals surface area contributed by atoms with Gasteiger partial charge in [0.2, 0.25) is 5.91 Å². The molecule has 0 aliphatic heterocycles. The number of rotatable bonds is 5. The van der Waals surface area contributed by atoms with Gasteiger partial charge in [-0.1, -0.05) is 37.3 Å². The number of aliphatic hydroxyl groups is 1. The number of benzene rings is 1. The molecule has 2 atom stereocenters. The number of amides is 1. The lowest BCUT2D eigenvalue weighted by Gasteiger charge is -2.19. The highest BCUT2D eigenvalue weighted by molar-refractivity contribution is 5.76. The van der Waals surface area contributed by atoms with Gasteiger partial charge in [-0.2, -0.15) is 13.2 Å². The van der Waals surface area contributed by atoms with Gasteiger partial charge in [-0.3, -0.25) is 4.79 Å².